The number of aliphatic hydroxyl groups excluding tert-OH is 3. The molecule has 3 heterocycles. The fourth-order valence-electron chi connectivity index (χ4n) is 2.09. The molecule has 1 aromatic heterocycles. The molecule has 0 aliphatic carbocycles. The average molecular weight is 285 g/mol. The number of imidazole rings is 1. The fraction of sp³-hybridized carbons (Fsp3) is 0.600. The standard InChI is InChI=1S/C10H15N5O5/c11-14-1-5-9(13-3-14)15(4-12-5)20-10-8(18)7(17)6(2-16)19-10/h3-4,6-8,10,16-18H,1-2,11H2/t6-,7-,8-,10-/m1/s1. The van der Waals surface area contributed by atoms with E-state index < -0.39 is 31.2 Å². The molecule has 5 N–H and O–H groups in total. The van der Waals surface area contributed by atoms with E-state index in [0.717, 1.165) is 0 Å². The van der Waals surface area contributed by atoms with Crippen molar-refractivity contribution in [1.82, 2.24) is 14.7 Å². The highest BCUT2D eigenvalue weighted by Gasteiger charge is 2.44. The molecule has 1 saturated heterocycles. The first-order chi connectivity index (χ1) is 9.60. The van der Waals surface area contributed by atoms with E-state index in [-0.39, 0.29) is 0 Å². The van der Waals surface area contributed by atoms with Crippen LogP contribution in [0.5, 0.6) is 0 Å². The van der Waals surface area contributed by atoms with Gasteiger partial charge in [-0.3, -0.25) is 5.01 Å². The summed E-state index contributed by atoms with van der Waals surface area (Å²) >= 11 is 0. The molecule has 10 nitrogen and oxygen atoms in total. The van der Waals surface area contributed by atoms with Crippen LogP contribution in [-0.2, 0) is 11.3 Å². The van der Waals surface area contributed by atoms with Crippen LogP contribution in [0.2, 0.25) is 0 Å². The van der Waals surface area contributed by atoms with Gasteiger partial charge in [-0.1, -0.05) is 0 Å². The van der Waals surface area contributed by atoms with Gasteiger partial charge in [0.15, 0.2) is 5.82 Å². The molecule has 2 aliphatic rings. The van der Waals surface area contributed by atoms with E-state index in [2.05, 4.69) is 9.98 Å². The summed E-state index contributed by atoms with van der Waals surface area (Å²) in [6, 6.07) is 0. The van der Waals surface area contributed by atoms with Gasteiger partial charge in [0.05, 0.1) is 13.2 Å². The third-order valence-electron chi connectivity index (χ3n) is 3.16. The molecule has 0 spiro atoms. The monoisotopic (exact) mass is 285 g/mol. The van der Waals surface area contributed by atoms with E-state index in [4.69, 9.17) is 20.5 Å². The van der Waals surface area contributed by atoms with Crippen LogP contribution in [0, 0.1) is 0 Å². The summed E-state index contributed by atoms with van der Waals surface area (Å²) in [5.41, 5.74) is 0.613. The minimum absolute atomic E-state index is 0.380. The molecule has 10 heteroatoms. The van der Waals surface area contributed by atoms with Crippen molar-refractivity contribution < 1.29 is 24.9 Å². The Bertz CT molecular complexity index is 520. The maximum absolute atomic E-state index is 9.79. The van der Waals surface area contributed by atoms with Crippen LogP contribution in [-0.4, -0.2) is 67.6 Å². The van der Waals surface area contributed by atoms with Crippen molar-refractivity contribution in [3.63, 3.8) is 0 Å². The van der Waals surface area contributed by atoms with Gasteiger partial charge in [-0.25, -0.2) is 15.8 Å². The van der Waals surface area contributed by atoms with Crippen LogP contribution in [0.15, 0.2) is 11.3 Å². The maximum Gasteiger partial charge on any atom is 0.254 e. The molecule has 0 amide bonds. The molecule has 4 atom stereocenters. The van der Waals surface area contributed by atoms with Crippen molar-refractivity contribution >= 4 is 12.2 Å². The second-order valence-electron chi connectivity index (χ2n) is 4.57. The Morgan fingerprint density at radius 3 is 2.95 bits per heavy atom. The second kappa shape index (κ2) is 5.00. The number of fused-ring (bicyclic) bond motifs is 1. The lowest BCUT2D eigenvalue weighted by atomic mass is 10.1. The first kappa shape index (κ1) is 13.3. The lowest BCUT2D eigenvalue weighted by Gasteiger charge is -2.19. The van der Waals surface area contributed by atoms with Crippen LogP contribution in [0.4, 0.5) is 5.82 Å². The molecule has 2 aliphatic heterocycles. The van der Waals surface area contributed by atoms with Crippen LogP contribution in [0.25, 0.3) is 0 Å². The zero-order valence-electron chi connectivity index (χ0n) is 10.4. The number of aromatic nitrogens is 2. The normalized spacial score (nSPS) is 32.5. The molecule has 0 unspecified atom stereocenters. The third kappa shape index (κ3) is 2.13. The Balaban J connectivity index is 1.76. The van der Waals surface area contributed by atoms with E-state index in [0.29, 0.717) is 18.1 Å². The molecule has 3 rings (SSSR count). The molecule has 1 aromatic rings. The Labute approximate surface area is 113 Å². The predicted octanol–water partition coefficient (Wildman–Crippen LogP) is -2.90. The molecular formula is C10H15N5O5. The van der Waals surface area contributed by atoms with Crippen molar-refractivity contribution in [2.75, 3.05) is 6.61 Å². The Hall–Kier alpha value is -1.72. The van der Waals surface area contributed by atoms with E-state index in [1.807, 2.05) is 0 Å². The van der Waals surface area contributed by atoms with Crippen LogP contribution in [0.3, 0.4) is 0 Å². The van der Waals surface area contributed by atoms with E-state index in [9.17, 15) is 10.2 Å². The molecule has 0 aromatic carbocycles. The number of hydrogen-bond acceptors (Lipinski definition) is 9. The van der Waals surface area contributed by atoms with Crippen molar-refractivity contribution in [1.29, 1.82) is 0 Å². The highest BCUT2D eigenvalue weighted by molar-refractivity contribution is 5.63. The molecule has 0 radical (unpaired) electrons. The highest BCUT2D eigenvalue weighted by atomic mass is 16.8. The zero-order chi connectivity index (χ0) is 14.3. The summed E-state index contributed by atoms with van der Waals surface area (Å²) in [5.74, 6) is 6.00. The largest absolute Gasteiger partial charge is 0.394 e. The summed E-state index contributed by atoms with van der Waals surface area (Å²) in [6.45, 7) is -0.0361. The van der Waals surface area contributed by atoms with Crippen molar-refractivity contribution in [3.8, 4) is 0 Å². The number of aliphatic imine (C=N–C) groups is 1. The van der Waals surface area contributed by atoms with Gasteiger partial charge in [0.25, 0.3) is 6.29 Å². The maximum atomic E-state index is 9.79. The number of aliphatic hydroxyl groups is 3. The van der Waals surface area contributed by atoms with Crippen LogP contribution in [0.1, 0.15) is 5.69 Å². The second-order valence-corrected chi connectivity index (χ2v) is 4.57. The number of nitrogens with two attached hydrogens (primary N) is 1. The topological polar surface area (TPSA) is 139 Å². The molecule has 0 bridgehead atoms. The van der Waals surface area contributed by atoms with Crippen LogP contribution >= 0.6 is 0 Å². The minimum atomic E-state index is -1.27. The summed E-state index contributed by atoms with van der Waals surface area (Å²) in [7, 11) is 0. The zero-order valence-corrected chi connectivity index (χ0v) is 10.4. The van der Waals surface area contributed by atoms with Crippen molar-refractivity contribution in [2.24, 2.45) is 10.8 Å². The number of hydrazine groups is 1. The lowest BCUT2D eigenvalue weighted by molar-refractivity contribution is -0.170. The summed E-state index contributed by atoms with van der Waals surface area (Å²) in [4.78, 5) is 13.5. The number of nitrogens with zero attached hydrogens (tertiary/aromatic N) is 4. The van der Waals surface area contributed by atoms with E-state index in [1.165, 1.54) is 22.4 Å². The van der Waals surface area contributed by atoms with Gasteiger partial charge in [0, 0.05) is 0 Å². The Morgan fingerprint density at radius 2 is 2.25 bits per heavy atom. The quantitative estimate of drug-likeness (QED) is 0.434. The van der Waals surface area contributed by atoms with Crippen molar-refractivity contribution in [3.05, 3.63) is 12.0 Å². The summed E-state index contributed by atoms with van der Waals surface area (Å²) in [5, 5.41) is 29.8. The van der Waals surface area contributed by atoms with E-state index >= 15 is 0 Å². The molecule has 1 fully saturated rings. The third-order valence-corrected chi connectivity index (χ3v) is 3.16. The molecule has 0 saturated carbocycles. The summed E-state index contributed by atoms with van der Waals surface area (Å²) < 4.78 is 6.45. The Morgan fingerprint density at radius 1 is 1.45 bits per heavy atom. The SMILES string of the molecule is NN1C=Nc2c(ncn2O[C@H]2O[C@H](CO)[C@@H](O)[C@H]2O)C1. The van der Waals surface area contributed by atoms with Gasteiger partial charge < -0.3 is 24.9 Å². The van der Waals surface area contributed by atoms with Gasteiger partial charge in [-0.15, -0.1) is 4.73 Å². The van der Waals surface area contributed by atoms with Crippen LogP contribution < -0.4 is 10.7 Å². The van der Waals surface area contributed by atoms with E-state index in [1.54, 1.807) is 0 Å². The first-order valence-corrected chi connectivity index (χ1v) is 6.01. The Kier molecular flexibility index (Phi) is 3.31. The average Bonchev–Trinajstić information content (AvgIpc) is 2.95. The minimum Gasteiger partial charge on any atom is -0.394 e. The molecule has 20 heavy (non-hydrogen) atoms. The van der Waals surface area contributed by atoms with Gasteiger partial charge in [0.2, 0.25) is 0 Å². The van der Waals surface area contributed by atoms with Gasteiger partial charge in [0.1, 0.15) is 36.7 Å². The number of hydrogen-bond donors (Lipinski definition) is 4. The van der Waals surface area contributed by atoms with Crippen molar-refractivity contribution in [2.45, 2.75) is 31.1 Å². The lowest BCUT2D eigenvalue weighted by Crippen LogP contribution is -2.38. The first-order valence-electron chi connectivity index (χ1n) is 6.01. The molecule has 110 valence electrons. The molecular weight excluding hydrogens is 270 g/mol. The number of rotatable bonds is 3. The number of ether oxygens (including phenoxy) is 1. The predicted molar refractivity (Wildman–Crippen MR) is 64.4 cm³/mol. The van der Waals surface area contributed by atoms with Gasteiger partial charge in [-0.05, 0) is 0 Å². The smallest absolute Gasteiger partial charge is 0.254 e. The van der Waals surface area contributed by atoms with Gasteiger partial charge in [-0.2, -0.15) is 0 Å². The van der Waals surface area contributed by atoms with Gasteiger partial charge >= 0.3 is 0 Å². The highest BCUT2D eigenvalue weighted by Crippen LogP contribution is 2.24. The fourth-order valence-corrected chi connectivity index (χ4v) is 2.09. The summed E-state index contributed by atoms with van der Waals surface area (Å²) in [6.07, 6.45) is -1.71.